The predicted molar refractivity (Wildman–Crippen MR) is 116 cm³/mol. The number of aromatic nitrogens is 4. The Morgan fingerprint density at radius 2 is 2.19 bits per heavy atom. The number of benzene rings is 1. The standard InChI is InChI=1S/C22H21N5O3S/c1-29-16-7-2-5-14(11-16)17-12-18(24-23-17)22(28)27-9-3-6-15(13-27)20-25-26-21(30-20)19-8-4-10-31-19/h2,4-5,7-8,10-12,15H,3,6,9,13H2,1H3,(H,23,24). The van der Waals surface area contributed by atoms with Crippen molar-refractivity contribution in [1.29, 1.82) is 0 Å². The summed E-state index contributed by atoms with van der Waals surface area (Å²) in [7, 11) is 1.62. The lowest BCUT2D eigenvalue weighted by Gasteiger charge is -2.30. The minimum Gasteiger partial charge on any atom is -0.497 e. The van der Waals surface area contributed by atoms with E-state index in [9.17, 15) is 4.79 Å². The fourth-order valence-electron chi connectivity index (χ4n) is 3.79. The van der Waals surface area contributed by atoms with Crippen molar-refractivity contribution in [2.75, 3.05) is 20.2 Å². The predicted octanol–water partition coefficient (Wildman–Crippen LogP) is 4.22. The summed E-state index contributed by atoms with van der Waals surface area (Å²) in [4.78, 5) is 15.9. The normalized spacial score (nSPS) is 16.4. The van der Waals surface area contributed by atoms with Gasteiger partial charge in [0.1, 0.15) is 11.4 Å². The van der Waals surface area contributed by atoms with Gasteiger partial charge in [-0.15, -0.1) is 21.5 Å². The van der Waals surface area contributed by atoms with Crippen molar-refractivity contribution in [2.45, 2.75) is 18.8 Å². The van der Waals surface area contributed by atoms with E-state index < -0.39 is 0 Å². The average Bonchev–Trinajstić information content (AvgIpc) is 3.59. The average molecular weight is 436 g/mol. The molecular formula is C22H21N5O3S. The number of nitrogens with zero attached hydrogens (tertiary/aromatic N) is 4. The van der Waals surface area contributed by atoms with Crippen LogP contribution < -0.4 is 4.74 Å². The summed E-state index contributed by atoms with van der Waals surface area (Å²) in [5.74, 6) is 1.81. The number of hydrogen-bond donors (Lipinski definition) is 1. The maximum Gasteiger partial charge on any atom is 0.271 e. The van der Waals surface area contributed by atoms with Crippen molar-refractivity contribution in [1.82, 2.24) is 25.3 Å². The quantitative estimate of drug-likeness (QED) is 0.504. The third-order valence-electron chi connectivity index (χ3n) is 5.40. The second kappa shape index (κ2) is 8.35. The molecule has 9 heteroatoms. The SMILES string of the molecule is COc1cccc(-c2cc(C(=O)N3CCCC(c4nnc(-c5cccs5)o4)C3)[nH]n2)c1. The topological polar surface area (TPSA) is 97.1 Å². The number of thiophene rings is 1. The van der Waals surface area contributed by atoms with Gasteiger partial charge in [0.2, 0.25) is 5.89 Å². The highest BCUT2D eigenvalue weighted by atomic mass is 32.1. The molecule has 1 amide bonds. The molecule has 0 spiro atoms. The maximum atomic E-state index is 13.1. The number of likely N-dealkylation sites (tertiary alicyclic amines) is 1. The molecule has 4 aromatic rings. The molecule has 1 saturated heterocycles. The van der Waals surface area contributed by atoms with Crippen LogP contribution in [0.15, 0.2) is 52.3 Å². The molecule has 4 heterocycles. The van der Waals surface area contributed by atoms with Crippen molar-refractivity contribution in [3.8, 4) is 27.8 Å². The van der Waals surface area contributed by atoms with Crippen molar-refractivity contribution in [3.05, 3.63) is 59.4 Å². The highest BCUT2D eigenvalue weighted by Crippen LogP contribution is 2.31. The lowest BCUT2D eigenvalue weighted by Crippen LogP contribution is -2.39. The van der Waals surface area contributed by atoms with Crippen LogP contribution in [0.25, 0.3) is 22.0 Å². The third kappa shape index (κ3) is 3.96. The van der Waals surface area contributed by atoms with Crippen LogP contribution >= 0.6 is 11.3 Å². The van der Waals surface area contributed by atoms with Crippen molar-refractivity contribution in [2.24, 2.45) is 0 Å². The molecule has 3 aromatic heterocycles. The van der Waals surface area contributed by atoms with Gasteiger partial charge >= 0.3 is 0 Å². The summed E-state index contributed by atoms with van der Waals surface area (Å²) in [6.07, 6.45) is 1.79. The molecule has 1 atom stereocenters. The van der Waals surface area contributed by atoms with E-state index in [2.05, 4.69) is 20.4 Å². The van der Waals surface area contributed by atoms with Gasteiger partial charge in [-0.2, -0.15) is 5.10 Å². The lowest BCUT2D eigenvalue weighted by atomic mass is 9.97. The van der Waals surface area contributed by atoms with Crippen LogP contribution in [0.1, 0.15) is 35.1 Å². The fraction of sp³-hybridized carbons (Fsp3) is 0.273. The monoisotopic (exact) mass is 435 g/mol. The highest BCUT2D eigenvalue weighted by molar-refractivity contribution is 7.13. The van der Waals surface area contributed by atoms with Gasteiger partial charge in [-0.05, 0) is 42.5 Å². The molecule has 0 aliphatic carbocycles. The summed E-state index contributed by atoms with van der Waals surface area (Å²) in [6.45, 7) is 1.23. The zero-order valence-corrected chi connectivity index (χ0v) is 17.8. The summed E-state index contributed by atoms with van der Waals surface area (Å²) in [5, 5.41) is 17.6. The Balaban J connectivity index is 1.30. The van der Waals surface area contributed by atoms with Crippen LogP contribution in [0.5, 0.6) is 5.75 Å². The van der Waals surface area contributed by atoms with Gasteiger partial charge < -0.3 is 14.1 Å². The van der Waals surface area contributed by atoms with Gasteiger partial charge in [-0.1, -0.05) is 18.2 Å². The zero-order chi connectivity index (χ0) is 21.2. The van der Waals surface area contributed by atoms with Gasteiger partial charge in [-0.3, -0.25) is 9.89 Å². The number of rotatable bonds is 5. The molecule has 1 aliphatic heterocycles. The summed E-state index contributed by atoms with van der Waals surface area (Å²) in [5.41, 5.74) is 2.05. The molecule has 5 rings (SSSR count). The van der Waals surface area contributed by atoms with Crippen LogP contribution in [0.3, 0.4) is 0 Å². The van der Waals surface area contributed by atoms with Gasteiger partial charge in [0.25, 0.3) is 11.8 Å². The van der Waals surface area contributed by atoms with Crippen LogP contribution in [-0.2, 0) is 0 Å². The largest absolute Gasteiger partial charge is 0.497 e. The summed E-state index contributed by atoms with van der Waals surface area (Å²) < 4.78 is 11.2. The Morgan fingerprint density at radius 3 is 3.03 bits per heavy atom. The van der Waals surface area contributed by atoms with Crippen molar-refractivity contribution in [3.63, 3.8) is 0 Å². The number of amides is 1. The number of nitrogens with one attached hydrogen (secondary N) is 1. The maximum absolute atomic E-state index is 13.1. The van der Waals surface area contributed by atoms with Crippen LogP contribution in [0, 0.1) is 0 Å². The number of methoxy groups -OCH3 is 1. The first kappa shape index (κ1) is 19.5. The Hall–Kier alpha value is -3.46. The third-order valence-corrected chi connectivity index (χ3v) is 6.26. The molecule has 0 bridgehead atoms. The van der Waals surface area contributed by atoms with E-state index in [0.29, 0.717) is 36.3 Å². The first-order chi connectivity index (χ1) is 15.2. The lowest BCUT2D eigenvalue weighted by molar-refractivity contribution is 0.0692. The van der Waals surface area contributed by atoms with Gasteiger partial charge in [-0.25, -0.2) is 0 Å². The van der Waals surface area contributed by atoms with E-state index in [1.54, 1.807) is 24.5 Å². The van der Waals surface area contributed by atoms with E-state index >= 15 is 0 Å². The first-order valence-corrected chi connectivity index (χ1v) is 11.0. The summed E-state index contributed by atoms with van der Waals surface area (Å²) in [6, 6.07) is 13.3. The Labute approximate surface area is 182 Å². The van der Waals surface area contributed by atoms with Gasteiger partial charge in [0, 0.05) is 18.7 Å². The van der Waals surface area contributed by atoms with Crippen molar-refractivity contribution < 1.29 is 13.9 Å². The molecule has 1 unspecified atom stereocenters. The number of aromatic amines is 1. The van der Waals surface area contributed by atoms with E-state index in [4.69, 9.17) is 9.15 Å². The first-order valence-electron chi connectivity index (χ1n) is 10.1. The molecular weight excluding hydrogens is 414 g/mol. The molecule has 1 aliphatic rings. The molecule has 0 saturated carbocycles. The summed E-state index contributed by atoms with van der Waals surface area (Å²) >= 11 is 1.56. The minimum atomic E-state index is -0.0793. The molecule has 1 fully saturated rings. The molecule has 8 nitrogen and oxygen atoms in total. The molecule has 31 heavy (non-hydrogen) atoms. The Morgan fingerprint density at radius 1 is 1.26 bits per heavy atom. The van der Waals surface area contributed by atoms with Crippen molar-refractivity contribution >= 4 is 17.2 Å². The smallest absolute Gasteiger partial charge is 0.271 e. The second-order valence-electron chi connectivity index (χ2n) is 7.41. The molecule has 1 aromatic carbocycles. The van der Waals surface area contributed by atoms with Gasteiger partial charge in [0.15, 0.2) is 0 Å². The molecule has 0 radical (unpaired) electrons. The number of carbonyl (C=O) groups is 1. The second-order valence-corrected chi connectivity index (χ2v) is 8.36. The number of hydrogen-bond acceptors (Lipinski definition) is 7. The van der Waals surface area contributed by atoms with Crippen LogP contribution in [0.2, 0.25) is 0 Å². The Kier molecular flexibility index (Phi) is 5.25. The van der Waals surface area contributed by atoms with E-state index in [1.165, 1.54) is 0 Å². The number of piperidine rings is 1. The van der Waals surface area contributed by atoms with Gasteiger partial charge in [0.05, 0.1) is 23.6 Å². The van der Waals surface area contributed by atoms with E-state index in [0.717, 1.165) is 29.0 Å². The number of H-pyrrole nitrogens is 1. The van der Waals surface area contributed by atoms with Crippen LogP contribution in [0.4, 0.5) is 0 Å². The molecule has 1 N–H and O–H groups in total. The highest BCUT2D eigenvalue weighted by Gasteiger charge is 2.30. The van der Waals surface area contributed by atoms with E-state index in [1.807, 2.05) is 46.7 Å². The fourth-order valence-corrected chi connectivity index (χ4v) is 4.44. The zero-order valence-electron chi connectivity index (χ0n) is 16.9. The number of ether oxygens (including phenoxy) is 1. The Bertz CT molecular complexity index is 1180. The minimum absolute atomic E-state index is 0.0275. The van der Waals surface area contributed by atoms with Crippen LogP contribution in [-0.4, -0.2) is 51.4 Å². The van der Waals surface area contributed by atoms with E-state index in [-0.39, 0.29) is 11.8 Å². The number of carbonyl (C=O) groups excluding carboxylic acids is 1. The molecule has 158 valence electrons.